The zero-order chi connectivity index (χ0) is 26.1. The van der Waals surface area contributed by atoms with Gasteiger partial charge in [-0.1, -0.05) is 0 Å². The summed E-state index contributed by atoms with van der Waals surface area (Å²) in [5.74, 6) is 3.36. The molecule has 1 aliphatic heterocycles. The van der Waals surface area contributed by atoms with E-state index in [1.54, 1.807) is 33.9 Å². The number of nitrogens with zero attached hydrogens (tertiary/aromatic N) is 2. The SMILES string of the molecule is COc1cc2cc3[n+](c(N(C)C)c2cc1OC)C(CCCCO)Cc1cc(OC)c(-c2ccoc2)cc1-3. The van der Waals surface area contributed by atoms with Gasteiger partial charge in [-0.2, -0.15) is 0 Å². The summed E-state index contributed by atoms with van der Waals surface area (Å²) in [5, 5.41) is 11.6. The Morgan fingerprint density at radius 3 is 2.35 bits per heavy atom. The van der Waals surface area contributed by atoms with Gasteiger partial charge in [0.15, 0.2) is 11.5 Å². The van der Waals surface area contributed by atoms with Crippen molar-refractivity contribution >= 4 is 16.6 Å². The molecule has 5 rings (SSSR count). The third-order valence-electron chi connectivity index (χ3n) is 7.30. The number of hydrogen-bond donors (Lipinski definition) is 1. The Labute approximate surface area is 217 Å². The van der Waals surface area contributed by atoms with Gasteiger partial charge in [0, 0.05) is 35.8 Å². The first-order valence-corrected chi connectivity index (χ1v) is 12.7. The summed E-state index contributed by atoms with van der Waals surface area (Å²) in [5.41, 5.74) is 5.55. The van der Waals surface area contributed by atoms with Crippen LogP contribution >= 0.6 is 0 Å². The average Bonchev–Trinajstić information content (AvgIpc) is 3.45. The van der Waals surface area contributed by atoms with E-state index in [4.69, 9.17) is 18.6 Å². The molecule has 3 heterocycles. The fraction of sp³-hybridized carbons (Fsp3) is 0.367. The first-order valence-electron chi connectivity index (χ1n) is 12.7. The molecule has 0 spiro atoms. The molecule has 7 heteroatoms. The molecule has 37 heavy (non-hydrogen) atoms. The Morgan fingerprint density at radius 2 is 1.70 bits per heavy atom. The van der Waals surface area contributed by atoms with E-state index in [1.807, 2.05) is 6.07 Å². The highest BCUT2D eigenvalue weighted by atomic mass is 16.5. The lowest BCUT2D eigenvalue weighted by Gasteiger charge is -2.30. The maximum Gasteiger partial charge on any atom is 0.284 e. The van der Waals surface area contributed by atoms with Gasteiger partial charge in [0.1, 0.15) is 17.5 Å². The first kappa shape index (κ1) is 25.0. The number of aliphatic hydroxyl groups is 1. The van der Waals surface area contributed by atoms with Gasteiger partial charge < -0.3 is 23.7 Å². The number of unbranched alkanes of at least 4 members (excludes halogenated alkanes) is 1. The number of furan rings is 1. The fourth-order valence-corrected chi connectivity index (χ4v) is 5.61. The van der Waals surface area contributed by atoms with E-state index in [0.29, 0.717) is 11.5 Å². The second-order valence-corrected chi connectivity index (χ2v) is 9.71. The van der Waals surface area contributed by atoms with E-state index in [0.717, 1.165) is 64.8 Å². The van der Waals surface area contributed by atoms with Crippen LogP contribution in [0.5, 0.6) is 17.2 Å². The number of hydrogen-bond acceptors (Lipinski definition) is 6. The molecule has 1 atom stereocenters. The Kier molecular flexibility index (Phi) is 6.98. The zero-order valence-electron chi connectivity index (χ0n) is 22.2. The van der Waals surface area contributed by atoms with Crippen LogP contribution in [0.25, 0.3) is 33.2 Å². The quantitative estimate of drug-likeness (QED) is 0.244. The lowest BCUT2D eigenvalue weighted by atomic mass is 9.87. The second-order valence-electron chi connectivity index (χ2n) is 9.71. The summed E-state index contributed by atoms with van der Waals surface area (Å²) < 4.78 is 25.0. The van der Waals surface area contributed by atoms with E-state index in [-0.39, 0.29) is 12.6 Å². The molecule has 0 amide bonds. The molecule has 0 saturated heterocycles. The van der Waals surface area contributed by atoms with Crippen LogP contribution < -0.4 is 23.7 Å². The van der Waals surface area contributed by atoms with Crippen LogP contribution in [0.1, 0.15) is 30.9 Å². The molecule has 4 aromatic rings. The van der Waals surface area contributed by atoms with Gasteiger partial charge in [-0.05, 0) is 60.5 Å². The standard InChI is InChI=1S/C30H35N2O5/c1-31(2)30-25-17-29(36-5)28(35-4)15-21(25)13-26-23-16-24(19-9-11-37-18-19)27(34-3)14-20(23)12-22(32(26)30)8-6-7-10-33/h9,11,13-18,22,33H,6-8,10,12H2,1-5H3/q+1. The zero-order valence-corrected chi connectivity index (χ0v) is 22.2. The number of anilines is 1. The van der Waals surface area contributed by atoms with Crippen LogP contribution in [0.2, 0.25) is 0 Å². The molecule has 0 bridgehead atoms. The number of aromatic nitrogens is 1. The minimum atomic E-state index is 0.206. The molecule has 1 unspecified atom stereocenters. The van der Waals surface area contributed by atoms with Crippen LogP contribution in [0.3, 0.4) is 0 Å². The molecule has 1 aliphatic rings. The minimum absolute atomic E-state index is 0.206. The molecule has 7 nitrogen and oxygen atoms in total. The number of fused-ring (bicyclic) bond motifs is 4. The summed E-state index contributed by atoms with van der Waals surface area (Å²) in [6, 6.07) is 13.0. The van der Waals surface area contributed by atoms with E-state index >= 15 is 0 Å². The molecule has 2 aromatic heterocycles. The molecular weight excluding hydrogens is 468 g/mol. The van der Waals surface area contributed by atoms with Gasteiger partial charge in [0.2, 0.25) is 0 Å². The van der Waals surface area contributed by atoms with Gasteiger partial charge in [0.05, 0.1) is 53.3 Å². The Hall–Kier alpha value is -3.71. The largest absolute Gasteiger partial charge is 0.496 e. The molecule has 1 N–H and O–H groups in total. The molecule has 0 saturated carbocycles. The summed E-state index contributed by atoms with van der Waals surface area (Å²) >= 11 is 0. The van der Waals surface area contributed by atoms with E-state index in [1.165, 1.54) is 11.1 Å². The number of benzene rings is 2. The molecular formula is C30H35N2O5+. The van der Waals surface area contributed by atoms with E-state index in [9.17, 15) is 5.11 Å². The first-order chi connectivity index (χ1) is 18.0. The van der Waals surface area contributed by atoms with Crippen LogP contribution in [0, 0.1) is 0 Å². The van der Waals surface area contributed by atoms with Crippen molar-refractivity contribution < 1.29 is 28.3 Å². The lowest BCUT2D eigenvalue weighted by molar-refractivity contribution is -0.702. The van der Waals surface area contributed by atoms with Crippen molar-refractivity contribution in [1.82, 2.24) is 0 Å². The van der Waals surface area contributed by atoms with Gasteiger partial charge in [-0.3, -0.25) is 4.90 Å². The summed E-state index contributed by atoms with van der Waals surface area (Å²) in [6.45, 7) is 0.206. The maximum atomic E-state index is 9.46. The molecule has 0 aliphatic carbocycles. The Morgan fingerprint density at radius 1 is 0.946 bits per heavy atom. The molecule has 2 aromatic carbocycles. The third kappa shape index (κ3) is 4.37. The summed E-state index contributed by atoms with van der Waals surface area (Å²) in [4.78, 5) is 2.18. The van der Waals surface area contributed by atoms with Crippen molar-refractivity contribution in [2.75, 3.05) is 46.9 Å². The van der Waals surface area contributed by atoms with Crippen molar-refractivity contribution in [2.45, 2.75) is 31.7 Å². The number of aliphatic hydroxyl groups excluding tert-OH is 1. The highest BCUT2D eigenvalue weighted by Crippen LogP contribution is 2.44. The van der Waals surface area contributed by atoms with Gasteiger partial charge >= 0.3 is 0 Å². The van der Waals surface area contributed by atoms with Crippen molar-refractivity contribution in [3.8, 4) is 39.6 Å². The third-order valence-corrected chi connectivity index (χ3v) is 7.30. The number of methoxy groups -OCH3 is 3. The number of ether oxygens (including phenoxy) is 3. The maximum absolute atomic E-state index is 9.46. The summed E-state index contributed by atoms with van der Waals surface area (Å²) in [6.07, 6.45) is 7.01. The Balaban J connectivity index is 1.82. The highest BCUT2D eigenvalue weighted by Gasteiger charge is 2.35. The van der Waals surface area contributed by atoms with Gasteiger partial charge in [-0.25, -0.2) is 4.57 Å². The normalized spacial score (nSPS) is 14.3. The average molecular weight is 504 g/mol. The lowest BCUT2D eigenvalue weighted by Crippen LogP contribution is -2.49. The van der Waals surface area contributed by atoms with Crippen LogP contribution in [-0.4, -0.2) is 47.1 Å². The summed E-state index contributed by atoms with van der Waals surface area (Å²) in [7, 11) is 9.23. The fourth-order valence-electron chi connectivity index (χ4n) is 5.61. The van der Waals surface area contributed by atoms with Gasteiger partial charge in [-0.15, -0.1) is 0 Å². The molecule has 0 radical (unpaired) electrons. The van der Waals surface area contributed by atoms with E-state index < -0.39 is 0 Å². The number of pyridine rings is 1. The molecule has 194 valence electrons. The highest BCUT2D eigenvalue weighted by molar-refractivity contribution is 5.96. The predicted octanol–water partition coefficient (Wildman–Crippen LogP) is 5.41. The minimum Gasteiger partial charge on any atom is -0.496 e. The van der Waals surface area contributed by atoms with Crippen LogP contribution in [-0.2, 0) is 6.42 Å². The smallest absolute Gasteiger partial charge is 0.284 e. The van der Waals surface area contributed by atoms with Crippen molar-refractivity contribution in [1.29, 1.82) is 0 Å². The Bertz CT molecular complexity index is 1410. The predicted molar refractivity (Wildman–Crippen MR) is 145 cm³/mol. The topological polar surface area (TPSA) is 68.2 Å². The van der Waals surface area contributed by atoms with Crippen molar-refractivity contribution in [2.24, 2.45) is 0 Å². The number of rotatable bonds is 9. The second kappa shape index (κ2) is 10.3. The molecule has 0 fully saturated rings. The van der Waals surface area contributed by atoms with Crippen LogP contribution in [0.15, 0.2) is 53.3 Å². The van der Waals surface area contributed by atoms with Crippen LogP contribution in [0.4, 0.5) is 5.82 Å². The van der Waals surface area contributed by atoms with Crippen molar-refractivity contribution in [3.05, 3.63) is 54.5 Å². The monoisotopic (exact) mass is 503 g/mol. The van der Waals surface area contributed by atoms with Gasteiger partial charge in [0.25, 0.3) is 5.82 Å². The van der Waals surface area contributed by atoms with Crippen molar-refractivity contribution in [3.63, 3.8) is 0 Å². The van der Waals surface area contributed by atoms with E-state index in [2.05, 4.69) is 53.9 Å².